The Kier molecular flexibility index (Phi) is 6.52. The predicted octanol–water partition coefficient (Wildman–Crippen LogP) is 3.99. The third-order valence-corrected chi connectivity index (χ3v) is 6.44. The number of benzene rings is 1. The molecule has 2 amide bonds. The van der Waals surface area contributed by atoms with Crippen LogP contribution in [0.5, 0.6) is 0 Å². The summed E-state index contributed by atoms with van der Waals surface area (Å²) in [4.78, 5) is 17.9. The minimum atomic E-state index is -1.21. The van der Waals surface area contributed by atoms with Crippen molar-refractivity contribution in [1.29, 1.82) is 0 Å². The van der Waals surface area contributed by atoms with Crippen molar-refractivity contribution in [2.45, 2.75) is 45.0 Å². The zero-order valence-corrected chi connectivity index (χ0v) is 18.1. The Morgan fingerprint density at radius 1 is 1.21 bits per heavy atom. The van der Waals surface area contributed by atoms with Gasteiger partial charge in [0, 0.05) is 49.1 Å². The average molecular weight is 409 g/mol. The van der Waals surface area contributed by atoms with Crippen molar-refractivity contribution in [3.63, 3.8) is 0 Å². The smallest absolute Gasteiger partial charge is 0.317 e. The highest BCUT2D eigenvalue weighted by atomic mass is 35.5. The second-order valence-corrected chi connectivity index (χ2v) is 8.65. The Bertz CT molecular complexity index is 730. The first-order valence-corrected chi connectivity index (χ1v) is 10.8. The highest BCUT2D eigenvalue weighted by Crippen LogP contribution is 2.30. The zero-order chi connectivity index (χ0) is 21.9. The molecule has 1 saturated carbocycles. The molecular formula is C22H35ClN4O. The van der Waals surface area contributed by atoms with Gasteiger partial charge >= 0.3 is 6.03 Å². The summed E-state index contributed by atoms with van der Waals surface area (Å²) in [5.41, 5.74) is 2.17. The van der Waals surface area contributed by atoms with E-state index in [4.69, 9.17) is 14.3 Å². The summed E-state index contributed by atoms with van der Waals surface area (Å²) in [6.45, 7) is 5.92. The molecule has 0 unspecified atom stereocenters. The molecule has 5 nitrogen and oxygen atoms in total. The number of hydrogen-bond donors (Lipinski definition) is 1. The van der Waals surface area contributed by atoms with Gasteiger partial charge in [0.25, 0.3) is 0 Å². The molecule has 1 aliphatic carbocycles. The van der Waals surface area contributed by atoms with E-state index in [9.17, 15) is 4.79 Å². The second-order valence-electron chi connectivity index (χ2n) is 8.27. The van der Waals surface area contributed by atoms with E-state index in [-0.39, 0.29) is 18.0 Å². The second kappa shape index (κ2) is 9.84. The van der Waals surface area contributed by atoms with Gasteiger partial charge in [0.15, 0.2) is 0 Å². The van der Waals surface area contributed by atoms with Crippen molar-refractivity contribution in [3.8, 4) is 0 Å². The molecule has 0 bridgehead atoms. The summed E-state index contributed by atoms with van der Waals surface area (Å²) in [7, 11) is 3.48. The van der Waals surface area contributed by atoms with Crippen molar-refractivity contribution < 1.29 is 7.54 Å². The Labute approximate surface area is 177 Å². The van der Waals surface area contributed by atoms with Gasteiger partial charge in [0.05, 0.1) is 10.7 Å². The van der Waals surface area contributed by atoms with Gasteiger partial charge in [-0.15, -0.1) is 0 Å². The summed E-state index contributed by atoms with van der Waals surface area (Å²) in [6.07, 6.45) is 2.14. The molecule has 0 atom stereocenters. The minimum absolute atomic E-state index is 0.0502. The highest BCUT2D eigenvalue weighted by molar-refractivity contribution is 6.34. The Morgan fingerprint density at radius 2 is 1.89 bits per heavy atom. The molecule has 2 fully saturated rings. The lowest BCUT2D eigenvalue weighted by Gasteiger charge is -2.37. The third-order valence-electron chi connectivity index (χ3n) is 5.95. The number of urea groups is 1. The zero-order valence-electron chi connectivity index (χ0n) is 19.4. The van der Waals surface area contributed by atoms with Gasteiger partial charge < -0.3 is 15.1 Å². The van der Waals surface area contributed by atoms with Crippen molar-refractivity contribution in [1.82, 2.24) is 15.1 Å². The highest BCUT2D eigenvalue weighted by Gasteiger charge is 2.24. The van der Waals surface area contributed by atoms with Crippen LogP contribution < -0.4 is 10.2 Å². The first-order valence-electron chi connectivity index (χ1n) is 11.4. The molecule has 1 aliphatic heterocycles. The number of carbonyl (C=O) groups is 1. The number of halogens is 1. The maximum atomic E-state index is 11.8. The first-order chi connectivity index (χ1) is 14.2. The van der Waals surface area contributed by atoms with Crippen LogP contribution in [0.3, 0.4) is 0 Å². The lowest BCUT2D eigenvalue weighted by molar-refractivity contribution is 0.194. The van der Waals surface area contributed by atoms with Crippen molar-refractivity contribution in [2.24, 2.45) is 5.92 Å². The van der Waals surface area contributed by atoms with Crippen LogP contribution in [-0.2, 0) is 0 Å². The summed E-state index contributed by atoms with van der Waals surface area (Å²) >= 11 is 6.49. The number of piperazine rings is 1. The van der Waals surface area contributed by atoms with Crippen molar-refractivity contribution in [3.05, 3.63) is 28.8 Å². The molecule has 0 radical (unpaired) electrons. The molecule has 156 valence electrons. The van der Waals surface area contributed by atoms with Crippen LogP contribution in [0.25, 0.3) is 0 Å². The standard InChI is InChI=1S/C22H35ClN4O/c1-17-5-4-6-20(21(17)23)27-15-13-26(14-16-27)12-11-18-7-9-19(10-8-18)24-22(28)25(2)3/h4-6,18-19H,7-16H2,1-3H3,(H,24,28)/i11D2. The lowest BCUT2D eigenvalue weighted by atomic mass is 9.84. The summed E-state index contributed by atoms with van der Waals surface area (Å²) < 4.78 is 17.4. The minimum Gasteiger partial charge on any atom is -0.368 e. The fourth-order valence-electron chi connectivity index (χ4n) is 4.03. The number of amides is 2. The number of anilines is 1. The van der Waals surface area contributed by atoms with E-state index in [1.165, 1.54) is 0 Å². The van der Waals surface area contributed by atoms with Gasteiger partial charge in [-0.2, -0.15) is 0 Å². The Morgan fingerprint density at radius 3 is 2.54 bits per heavy atom. The predicted molar refractivity (Wildman–Crippen MR) is 117 cm³/mol. The molecule has 1 heterocycles. The number of nitrogens with zero attached hydrogens (tertiary/aromatic N) is 3. The molecule has 6 heteroatoms. The molecular weight excluding hydrogens is 372 g/mol. The van der Waals surface area contributed by atoms with E-state index in [0.717, 1.165) is 68.1 Å². The van der Waals surface area contributed by atoms with Crippen LogP contribution in [0.2, 0.25) is 5.02 Å². The lowest BCUT2D eigenvalue weighted by Crippen LogP contribution is -2.47. The number of rotatable bonds is 5. The fraction of sp³-hybridized carbons (Fsp3) is 0.682. The summed E-state index contributed by atoms with van der Waals surface area (Å²) in [5.74, 6) is 0.0502. The molecule has 28 heavy (non-hydrogen) atoms. The van der Waals surface area contributed by atoms with Crippen LogP contribution in [0, 0.1) is 12.8 Å². The third kappa shape index (κ3) is 5.54. The van der Waals surface area contributed by atoms with Crippen LogP contribution in [0.1, 0.15) is 40.4 Å². The summed E-state index contributed by atoms with van der Waals surface area (Å²) in [6, 6.07) is 6.23. The number of aryl methyl sites for hydroxylation is 1. The molecule has 1 N–H and O–H groups in total. The topological polar surface area (TPSA) is 38.8 Å². The fourth-order valence-corrected chi connectivity index (χ4v) is 4.27. The van der Waals surface area contributed by atoms with Gasteiger partial charge in [-0.25, -0.2) is 4.79 Å². The SMILES string of the molecule is [2H]C([2H])(CN1CCN(c2cccc(C)c2Cl)CC1)C1CCC(NC(=O)N(C)C)CC1. The van der Waals surface area contributed by atoms with Crippen LogP contribution >= 0.6 is 11.6 Å². The molecule has 0 aromatic heterocycles. The molecule has 1 aromatic carbocycles. The quantitative estimate of drug-likeness (QED) is 0.800. The molecule has 0 spiro atoms. The van der Waals surface area contributed by atoms with Gasteiger partial charge in [0.1, 0.15) is 0 Å². The van der Waals surface area contributed by atoms with E-state index >= 15 is 0 Å². The van der Waals surface area contributed by atoms with Crippen molar-refractivity contribution >= 4 is 23.3 Å². The average Bonchev–Trinajstić information content (AvgIpc) is 2.71. The van der Waals surface area contributed by atoms with Crippen LogP contribution in [-0.4, -0.2) is 68.7 Å². The van der Waals surface area contributed by atoms with Gasteiger partial charge in [-0.1, -0.05) is 23.7 Å². The Hall–Kier alpha value is -1.46. The van der Waals surface area contributed by atoms with E-state index in [0.29, 0.717) is 6.54 Å². The van der Waals surface area contributed by atoms with Crippen LogP contribution in [0.4, 0.5) is 10.5 Å². The molecule has 1 aromatic rings. The van der Waals surface area contributed by atoms with E-state index in [1.807, 2.05) is 19.1 Å². The molecule has 2 aliphatic rings. The first kappa shape index (κ1) is 18.6. The number of carbonyl (C=O) groups excluding carboxylic acids is 1. The van der Waals surface area contributed by atoms with Gasteiger partial charge in [-0.3, -0.25) is 4.90 Å². The van der Waals surface area contributed by atoms with Gasteiger partial charge in [-0.05, 0) is 63.1 Å². The monoisotopic (exact) mass is 408 g/mol. The normalized spacial score (nSPS) is 25.1. The van der Waals surface area contributed by atoms with E-state index < -0.39 is 6.37 Å². The van der Waals surface area contributed by atoms with Crippen LogP contribution in [0.15, 0.2) is 18.2 Å². The maximum Gasteiger partial charge on any atom is 0.317 e. The van der Waals surface area contributed by atoms with Gasteiger partial charge in [0.2, 0.25) is 0 Å². The largest absolute Gasteiger partial charge is 0.368 e. The number of nitrogens with one attached hydrogen (secondary N) is 1. The number of hydrogen-bond acceptors (Lipinski definition) is 3. The maximum absolute atomic E-state index is 11.8. The summed E-state index contributed by atoms with van der Waals surface area (Å²) in [5, 5.41) is 3.86. The Balaban J connectivity index is 1.47. The van der Waals surface area contributed by atoms with Crippen molar-refractivity contribution in [2.75, 3.05) is 51.7 Å². The molecule has 1 saturated heterocycles. The van der Waals surface area contributed by atoms with E-state index in [2.05, 4.69) is 21.2 Å². The molecule has 3 rings (SSSR count). The van der Waals surface area contributed by atoms with E-state index in [1.54, 1.807) is 19.0 Å².